The summed E-state index contributed by atoms with van der Waals surface area (Å²) in [7, 11) is 0. The van der Waals surface area contributed by atoms with E-state index in [1.54, 1.807) is 4.90 Å². The molecule has 30 heavy (non-hydrogen) atoms. The number of carbonyl (C=O) groups excluding carboxylic acids is 1. The van der Waals surface area contributed by atoms with Crippen molar-refractivity contribution in [2.45, 2.75) is 38.5 Å². The first-order valence-corrected chi connectivity index (χ1v) is 10.6. The number of fused-ring (bicyclic) bond motifs is 1. The van der Waals surface area contributed by atoms with E-state index in [1.165, 1.54) is 0 Å². The van der Waals surface area contributed by atoms with Gasteiger partial charge in [0.05, 0.1) is 12.1 Å². The summed E-state index contributed by atoms with van der Waals surface area (Å²) < 4.78 is 20.6. The van der Waals surface area contributed by atoms with Crippen molar-refractivity contribution in [3.05, 3.63) is 60.3 Å². The van der Waals surface area contributed by atoms with E-state index in [1.807, 2.05) is 36.5 Å². The van der Waals surface area contributed by atoms with Crippen LogP contribution in [0, 0.1) is 12.8 Å². The van der Waals surface area contributed by atoms with Gasteiger partial charge in [-0.1, -0.05) is 30.3 Å². The second kappa shape index (κ2) is 7.71. The first kappa shape index (κ1) is 19.0. The molecule has 0 bridgehead atoms. The Bertz CT molecular complexity index is 1080. The van der Waals surface area contributed by atoms with E-state index in [4.69, 9.17) is 4.74 Å². The minimum absolute atomic E-state index is 0.112. The third-order valence-corrected chi connectivity index (χ3v) is 6.20. The van der Waals surface area contributed by atoms with Gasteiger partial charge in [-0.2, -0.15) is 0 Å². The molecule has 4 nitrogen and oxygen atoms in total. The normalized spacial score (nSPS) is 21.6. The molecule has 2 heterocycles. The molecule has 2 aromatic carbocycles. The molecule has 1 aliphatic carbocycles. The standard InChI is InChI=1S/C25H25FN2O2/c1-16-21(11-8-18-3-2-13-27-24(16)18)17-6-9-20(10-7-17)30-23-12-14-28(15-22(23)26)25(29)19-4-5-19/h2-3,6-11,13,19,22-23H,4-5,12,14-15H2,1H3. The molecule has 1 aromatic heterocycles. The third kappa shape index (κ3) is 3.64. The molecule has 1 aliphatic heterocycles. The Labute approximate surface area is 175 Å². The fourth-order valence-corrected chi connectivity index (χ4v) is 4.30. The van der Waals surface area contributed by atoms with Crippen LogP contribution in [0.25, 0.3) is 22.0 Å². The average molecular weight is 404 g/mol. The van der Waals surface area contributed by atoms with Gasteiger partial charge in [-0.3, -0.25) is 9.78 Å². The van der Waals surface area contributed by atoms with Crippen molar-refractivity contribution in [2.75, 3.05) is 13.1 Å². The van der Waals surface area contributed by atoms with Gasteiger partial charge in [-0.25, -0.2) is 4.39 Å². The van der Waals surface area contributed by atoms with Crippen molar-refractivity contribution in [3.8, 4) is 16.9 Å². The number of halogens is 1. The highest BCUT2D eigenvalue weighted by Crippen LogP contribution is 2.33. The maximum Gasteiger partial charge on any atom is 0.225 e. The predicted octanol–water partition coefficient (Wildman–Crippen LogP) is 4.94. The Morgan fingerprint density at radius 3 is 2.63 bits per heavy atom. The van der Waals surface area contributed by atoms with Crippen molar-refractivity contribution in [1.82, 2.24) is 9.88 Å². The number of nitrogens with zero attached hydrogens (tertiary/aromatic N) is 2. The van der Waals surface area contributed by atoms with Crippen LogP contribution in [0.1, 0.15) is 24.8 Å². The molecule has 2 aliphatic rings. The van der Waals surface area contributed by atoms with Gasteiger partial charge in [-0.15, -0.1) is 0 Å². The van der Waals surface area contributed by atoms with Crippen LogP contribution in [0.4, 0.5) is 4.39 Å². The molecular weight excluding hydrogens is 379 g/mol. The summed E-state index contributed by atoms with van der Waals surface area (Å²) in [4.78, 5) is 18.3. The Hall–Kier alpha value is -2.95. The number of carbonyl (C=O) groups is 1. The number of aryl methyl sites for hydroxylation is 1. The summed E-state index contributed by atoms with van der Waals surface area (Å²) >= 11 is 0. The molecule has 5 rings (SSSR count). The zero-order chi connectivity index (χ0) is 20.7. The van der Waals surface area contributed by atoms with Crippen LogP contribution in [0.15, 0.2) is 54.7 Å². The quantitative estimate of drug-likeness (QED) is 0.619. The topological polar surface area (TPSA) is 42.4 Å². The Balaban J connectivity index is 1.28. The highest BCUT2D eigenvalue weighted by atomic mass is 19.1. The number of aromatic nitrogens is 1. The van der Waals surface area contributed by atoms with Gasteiger partial charge in [-0.05, 0) is 54.7 Å². The van der Waals surface area contributed by atoms with E-state index >= 15 is 0 Å². The lowest BCUT2D eigenvalue weighted by Gasteiger charge is -2.35. The van der Waals surface area contributed by atoms with Gasteiger partial charge in [0.15, 0.2) is 6.17 Å². The number of benzene rings is 2. The highest BCUT2D eigenvalue weighted by molar-refractivity contribution is 5.88. The van der Waals surface area contributed by atoms with E-state index in [0.29, 0.717) is 18.7 Å². The maximum absolute atomic E-state index is 14.6. The number of likely N-dealkylation sites (tertiary alicyclic amines) is 1. The van der Waals surface area contributed by atoms with Gasteiger partial charge in [0.1, 0.15) is 11.9 Å². The summed E-state index contributed by atoms with van der Waals surface area (Å²) in [5.74, 6) is 0.904. The molecule has 0 radical (unpaired) electrons. The van der Waals surface area contributed by atoms with E-state index in [0.717, 1.165) is 40.4 Å². The zero-order valence-electron chi connectivity index (χ0n) is 17.1. The summed E-state index contributed by atoms with van der Waals surface area (Å²) in [6.45, 7) is 2.79. The molecule has 0 N–H and O–H groups in total. The molecule has 2 fully saturated rings. The lowest BCUT2D eigenvalue weighted by molar-refractivity contribution is -0.136. The smallest absolute Gasteiger partial charge is 0.225 e. The second-order valence-corrected chi connectivity index (χ2v) is 8.36. The number of pyridine rings is 1. The summed E-state index contributed by atoms with van der Waals surface area (Å²) in [6, 6.07) is 16.0. The lowest BCUT2D eigenvalue weighted by Crippen LogP contribution is -2.49. The molecule has 5 heteroatoms. The molecule has 3 aromatic rings. The fraction of sp³-hybridized carbons (Fsp3) is 0.360. The molecule has 2 atom stereocenters. The van der Waals surface area contributed by atoms with Crippen molar-refractivity contribution in [1.29, 1.82) is 0 Å². The van der Waals surface area contributed by atoms with E-state index in [2.05, 4.69) is 30.1 Å². The number of hydrogen-bond acceptors (Lipinski definition) is 3. The van der Waals surface area contributed by atoms with Crippen LogP contribution in [-0.2, 0) is 4.79 Å². The Morgan fingerprint density at radius 2 is 1.90 bits per heavy atom. The molecule has 1 saturated carbocycles. The first-order chi connectivity index (χ1) is 14.6. The summed E-state index contributed by atoms with van der Waals surface area (Å²) in [5.41, 5.74) is 4.35. The Kier molecular flexibility index (Phi) is 4.89. The van der Waals surface area contributed by atoms with Crippen LogP contribution >= 0.6 is 0 Å². The summed E-state index contributed by atoms with van der Waals surface area (Å²) in [5, 5.41) is 1.12. The first-order valence-electron chi connectivity index (χ1n) is 10.6. The predicted molar refractivity (Wildman–Crippen MR) is 115 cm³/mol. The van der Waals surface area contributed by atoms with Gasteiger partial charge >= 0.3 is 0 Å². The van der Waals surface area contributed by atoms with E-state index in [9.17, 15) is 9.18 Å². The Morgan fingerprint density at radius 1 is 1.10 bits per heavy atom. The van der Waals surface area contributed by atoms with Crippen molar-refractivity contribution >= 4 is 16.8 Å². The molecule has 0 spiro atoms. The van der Waals surface area contributed by atoms with Crippen LogP contribution < -0.4 is 4.74 Å². The zero-order valence-corrected chi connectivity index (χ0v) is 17.1. The van der Waals surface area contributed by atoms with Gasteiger partial charge in [0, 0.05) is 30.5 Å². The highest BCUT2D eigenvalue weighted by Gasteiger charge is 2.38. The van der Waals surface area contributed by atoms with E-state index in [-0.39, 0.29) is 18.4 Å². The molecule has 154 valence electrons. The fourth-order valence-electron chi connectivity index (χ4n) is 4.30. The minimum atomic E-state index is -1.16. The van der Waals surface area contributed by atoms with Gasteiger partial charge in [0.25, 0.3) is 0 Å². The van der Waals surface area contributed by atoms with Crippen molar-refractivity contribution < 1.29 is 13.9 Å². The number of hydrogen-bond donors (Lipinski definition) is 0. The maximum atomic E-state index is 14.6. The number of ether oxygens (including phenoxy) is 1. The van der Waals surface area contributed by atoms with Crippen LogP contribution in [0.5, 0.6) is 5.75 Å². The number of rotatable bonds is 4. The molecular formula is C25H25FN2O2. The third-order valence-electron chi connectivity index (χ3n) is 6.20. The van der Waals surface area contributed by atoms with Crippen molar-refractivity contribution in [2.24, 2.45) is 5.92 Å². The van der Waals surface area contributed by atoms with Crippen LogP contribution in [-0.4, -0.2) is 41.2 Å². The average Bonchev–Trinajstić information content (AvgIpc) is 3.61. The van der Waals surface area contributed by atoms with Gasteiger partial charge < -0.3 is 9.64 Å². The van der Waals surface area contributed by atoms with Crippen LogP contribution in [0.2, 0.25) is 0 Å². The second-order valence-electron chi connectivity index (χ2n) is 8.36. The SMILES string of the molecule is Cc1c(-c2ccc(OC3CCN(C(=O)C4CC4)CC3F)cc2)ccc2cccnc12. The lowest BCUT2D eigenvalue weighted by atomic mass is 9.98. The molecule has 2 unspecified atom stereocenters. The van der Waals surface area contributed by atoms with E-state index < -0.39 is 12.3 Å². The molecule has 1 saturated heterocycles. The summed E-state index contributed by atoms with van der Waals surface area (Å²) in [6.07, 6.45) is 2.57. The molecule has 1 amide bonds. The minimum Gasteiger partial charge on any atom is -0.487 e. The monoisotopic (exact) mass is 404 g/mol. The largest absolute Gasteiger partial charge is 0.487 e. The van der Waals surface area contributed by atoms with Crippen molar-refractivity contribution in [3.63, 3.8) is 0 Å². The number of piperidine rings is 1. The number of amides is 1. The van der Waals surface area contributed by atoms with Crippen LogP contribution in [0.3, 0.4) is 0 Å². The number of alkyl halides is 1. The van der Waals surface area contributed by atoms with Gasteiger partial charge in [0.2, 0.25) is 5.91 Å².